The molecule has 0 saturated carbocycles. The summed E-state index contributed by atoms with van der Waals surface area (Å²) in [6.07, 6.45) is -2.19. The van der Waals surface area contributed by atoms with Gasteiger partial charge in [-0.05, 0) is 18.2 Å². The number of hydrogen-bond acceptors (Lipinski definition) is 6. The molecule has 0 bridgehead atoms. The van der Waals surface area contributed by atoms with Gasteiger partial charge in [0.2, 0.25) is 5.78 Å². The maximum Gasteiger partial charge on any atom is 0.417 e. The summed E-state index contributed by atoms with van der Waals surface area (Å²) in [6.45, 7) is 0.739. The van der Waals surface area contributed by atoms with Crippen LogP contribution in [0.15, 0.2) is 35.4 Å². The zero-order valence-electron chi connectivity index (χ0n) is 15.6. The molecule has 3 aromatic rings. The van der Waals surface area contributed by atoms with Gasteiger partial charge in [0.05, 0.1) is 41.8 Å². The smallest absolute Gasteiger partial charge is 0.360 e. The van der Waals surface area contributed by atoms with Crippen LogP contribution in [-0.4, -0.2) is 32.1 Å². The van der Waals surface area contributed by atoms with Crippen LogP contribution in [0.5, 0.6) is 0 Å². The molecule has 0 unspecified atom stereocenters. The van der Waals surface area contributed by atoms with Crippen LogP contribution in [0.25, 0.3) is 0 Å². The summed E-state index contributed by atoms with van der Waals surface area (Å²) in [5.41, 5.74) is -2.09. The minimum absolute atomic E-state index is 0.0000107. The fraction of sp³-hybridized carbons (Fsp3) is 0.211. The lowest BCUT2D eigenvalue weighted by molar-refractivity contribution is -0.137. The fourth-order valence-corrected chi connectivity index (χ4v) is 3.64. The molecule has 1 aliphatic rings. The second-order valence-corrected chi connectivity index (χ2v) is 7.11. The van der Waals surface area contributed by atoms with E-state index in [0.29, 0.717) is 24.1 Å². The summed E-state index contributed by atoms with van der Waals surface area (Å²) in [7, 11) is 0. The number of rotatable bonds is 3. The average Bonchev–Trinajstić information content (AvgIpc) is 3.17. The number of halogens is 4. The maximum atomic E-state index is 13.5. The van der Waals surface area contributed by atoms with Gasteiger partial charge in [-0.2, -0.15) is 23.5 Å². The Hall–Kier alpha value is -3.65. The van der Waals surface area contributed by atoms with E-state index in [-0.39, 0.29) is 29.4 Å². The predicted molar refractivity (Wildman–Crippen MR) is 103 cm³/mol. The molecule has 158 valence electrons. The summed E-state index contributed by atoms with van der Waals surface area (Å²) in [5.74, 6) is -0.423. The second kappa shape index (κ2) is 7.55. The third kappa shape index (κ3) is 3.66. The maximum absolute atomic E-state index is 13.5. The molecule has 4 rings (SSSR count). The van der Waals surface area contributed by atoms with E-state index in [1.165, 1.54) is 23.0 Å². The van der Waals surface area contributed by atoms with Crippen molar-refractivity contribution in [2.24, 2.45) is 0 Å². The van der Waals surface area contributed by atoms with Crippen molar-refractivity contribution in [1.82, 2.24) is 19.7 Å². The topological polar surface area (TPSA) is 108 Å². The number of nitrogens with zero attached hydrogens (tertiary/aromatic N) is 5. The number of fused-ring (bicyclic) bond motifs is 1. The molecule has 0 fully saturated rings. The highest BCUT2D eigenvalue weighted by Gasteiger charge is 2.37. The van der Waals surface area contributed by atoms with Gasteiger partial charge >= 0.3 is 6.18 Å². The zero-order chi connectivity index (χ0) is 22.3. The Bertz CT molecular complexity index is 1290. The van der Waals surface area contributed by atoms with Crippen molar-refractivity contribution in [2.75, 3.05) is 11.4 Å². The SMILES string of the molecule is N#Cc1ccc(C(=O)c2cnc3n2CCN(c2cn[nH]c(=O)c2Cl)C3)c(C(F)(F)F)c1. The molecule has 0 saturated heterocycles. The van der Waals surface area contributed by atoms with Gasteiger partial charge < -0.3 is 9.47 Å². The number of imidazole rings is 1. The fourth-order valence-electron chi connectivity index (χ4n) is 3.43. The number of carbonyl (C=O) groups excluding carboxylic acids is 1. The van der Waals surface area contributed by atoms with Gasteiger partial charge in [0.1, 0.15) is 16.5 Å². The Balaban J connectivity index is 1.69. The predicted octanol–water partition coefficient (Wildman–Crippen LogP) is 2.76. The van der Waals surface area contributed by atoms with Gasteiger partial charge in [0.25, 0.3) is 5.56 Å². The first-order chi connectivity index (χ1) is 14.7. The molecule has 12 heteroatoms. The number of carbonyl (C=O) groups is 1. The van der Waals surface area contributed by atoms with Crippen LogP contribution in [0.4, 0.5) is 18.9 Å². The summed E-state index contributed by atoms with van der Waals surface area (Å²) < 4.78 is 42.0. The standard InChI is InChI=1S/C19H12ClF3N6O2/c20-16-13(8-26-27-18(16)31)28-3-4-29-14(7-25-15(29)9-28)17(30)11-2-1-10(6-24)5-12(11)19(21,22)23/h1-2,5,7-8H,3-4,9H2,(H,27,31). The number of benzene rings is 1. The molecule has 1 aromatic carbocycles. The van der Waals surface area contributed by atoms with Crippen molar-refractivity contribution in [3.05, 3.63) is 74.2 Å². The van der Waals surface area contributed by atoms with Gasteiger partial charge in [-0.1, -0.05) is 11.6 Å². The molecule has 2 aromatic heterocycles. The average molecular weight is 449 g/mol. The number of aromatic nitrogens is 4. The van der Waals surface area contributed by atoms with Crippen LogP contribution >= 0.6 is 11.6 Å². The number of hydrogen-bond donors (Lipinski definition) is 1. The first-order valence-corrected chi connectivity index (χ1v) is 9.27. The molecule has 0 aliphatic carbocycles. The van der Waals surface area contributed by atoms with Crippen LogP contribution < -0.4 is 10.5 Å². The zero-order valence-corrected chi connectivity index (χ0v) is 16.3. The van der Waals surface area contributed by atoms with E-state index in [2.05, 4.69) is 15.2 Å². The molecule has 0 radical (unpaired) electrons. The highest BCUT2D eigenvalue weighted by Crippen LogP contribution is 2.34. The largest absolute Gasteiger partial charge is 0.417 e. The van der Waals surface area contributed by atoms with Gasteiger partial charge in [0.15, 0.2) is 0 Å². The highest BCUT2D eigenvalue weighted by molar-refractivity contribution is 6.33. The summed E-state index contributed by atoms with van der Waals surface area (Å²) in [6, 6.07) is 4.47. The molecular weight excluding hydrogens is 437 g/mol. The van der Waals surface area contributed by atoms with Crippen LogP contribution in [0.3, 0.4) is 0 Å². The third-order valence-electron chi connectivity index (χ3n) is 4.91. The van der Waals surface area contributed by atoms with Crippen molar-refractivity contribution < 1.29 is 18.0 Å². The first kappa shape index (κ1) is 20.6. The normalized spacial score (nSPS) is 13.6. The lowest BCUT2D eigenvalue weighted by Crippen LogP contribution is -2.36. The van der Waals surface area contributed by atoms with Gasteiger partial charge in [-0.15, -0.1) is 0 Å². The van der Waals surface area contributed by atoms with Gasteiger partial charge in [0, 0.05) is 18.7 Å². The van der Waals surface area contributed by atoms with Gasteiger partial charge in [-0.3, -0.25) is 9.59 Å². The monoisotopic (exact) mass is 448 g/mol. The molecule has 8 nitrogen and oxygen atoms in total. The third-order valence-corrected chi connectivity index (χ3v) is 5.28. The highest BCUT2D eigenvalue weighted by atomic mass is 35.5. The van der Waals surface area contributed by atoms with E-state index in [1.807, 2.05) is 0 Å². The van der Waals surface area contributed by atoms with E-state index in [0.717, 1.165) is 6.07 Å². The van der Waals surface area contributed by atoms with Crippen molar-refractivity contribution in [1.29, 1.82) is 5.26 Å². The number of nitrogens with one attached hydrogen (secondary N) is 1. The Morgan fingerprint density at radius 2 is 2.03 bits per heavy atom. The van der Waals surface area contributed by atoms with E-state index in [1.54, 1.807) is 11.0 Å². The number of aromatic amines is 1. The lowest BCUT2D eigenvalue weighted by atomic mass is 9.99. The molecule has 31 heavy (non-hydrogen) atoms. The van der Waals surface area contributed by atoms with Gasteiger partial charge in [-0.25, -0.2) is 10.1 Å². The van der Waals surface area contributed by atoms with Crippen LogP contribution in [0.2, 0.25) is 5.02 Å². The Labute approximate surface area is 177 Å². The van der Waals surface area contributed by atoms with E-state index in [9.17, 15) is 22.8 Å². The quantitative estimate of drug-likeness (QED) is 0.617. The molecule has 0 atom stereocenters. The first-order valence-electron chi connectivity index (χ1n) is 8.89. The number of alkyl halides is 3. The molecule has 0 amide bonds. The van der Waals surface area contributed by atoms with Crippen LogP contribution in [-0.2, 0) is 19.3 Å². The molecular formula is C19H12ClF3N6O2. The second-order valence-electron chi connectivity index (χ2n) is 6.73. The van der Waals surface area contributed by atoms with E-state index >= 15 is 0 Å². The summed E-state index contributed by atoms with van der Waals surface area (Å²) in [5, 5.41) is 14.8. The Kier molecular flexibility index (Phi) is 5.02. The number of ketones is 1. The molecule has 1 N–H and O–H groups in total. The Morgan fingerprint density at radius 1 is 1.26 bits per heavy atom. The van der Waals surface area contributed by atoms with Crippen molar-refractivity contribution in [2.45, 2.75) is 19.3 Å². The van der Waals surface area contributed by atoms with Crippen LogP contribution in [0, 0.1) is 11.3 Å². The van der Waals surface area contributed by atoms with Crippen molar-refractivity contribution in [3.63, 3.8) is 0 Å². The minimum atomic E-state index is -4.80. The van der Waals surface area contributed by atoms with Crippen molar-refractivity contribution >= 4 is 23.1 Å². The Morgan fingerprint density at radius 3 is 2.74 bits per heavy atom. The number of anilines is 1. The molecule has 0 spiro atoms. The molecule has 3 heterocycles. The van der Waals surface area contributed by atoms with Crippen LogP contribution in [0.1, 0.15) is 33.0 Å². The lowest BCUT2D eigenvalue weighted by Gasteiger charge is -2.30. The van der Waals surface area contributed by atoms with Crippen molar-refractivity contribution in [3.8, 4) is 6.07 Å². The molecule has 1 aliphatic heterocycles. The van der Waals surface area contributed by atoms with E-state index in [4.69, 9.17) is 16.9 Å². The number of H-pyrrole nitrogens is 1. The number of nitriles is 1. The van der Waals surface area contributed by atoms with E-state index < -0.39 is 28.6 Å². The summed E-state index contributed by atoms with van der Waals surface area (Å²) in [4.78, 5) is 30.6. The summed E-state index contributed by atoms with van der Waals surface area (Å²) >= 11 is 6.04. The minimum Gasteiger partial charge on any atom is -0.360 e.